The maximum absolute atomic E-state index is 11.1. The van der Waals surface area contributed by atoms with Gasteiger partial charge in [-0.1, -0.05) is 17.7 Å². The molecule has 2 rings (SSSR count). The van der Waals surface area contributed by atoms with Crippen molar-refractivity contribution in [2.24, 2.45) is 0 Å². The fourth-order valence-corrected chi connectivity index (χ4v) is 2.35. The second kappa shape index (κ2) is 4.91. The Morgan fingerprint density at radius 3 is 2.16 bits per heavy atom. The zero-order valence-corrected chi connectivity index (χ0v) is 12.6. The number of carbonyl (C=O) groups is 1. The molecule has 1 aliphatic heterocycles. The van der Waals surface area contributed by atoms with Gasteiger partial charge in [0.2, 0.25) is 0 Å². The van der Waals surface area contributed by atoms with E-state index in [1.54, 1.807) is 6.92 Å². The molecule has 0 unspecified atom stereocenters. The van der Waals surface area contributed by atoms with Gasteiger partial charge in [0, 0.05) is 6.42 Å². The van der Waals surface area contributed by atoms with Crippen LogP contribution in [0.2, 0.25) is 0 Å². The molecule has 3 nitrogen and oxygen atoms in total. The van der Waals surface area contributed by atoms with Crippen molar-refractivity contribution < 1.29 is 14.1 Å². The van der Waals surface area contributed by atoms with Gasteiger partial charge in [0.25, 0.3) is 0 Å². The van der Waals surface area contributed by atoms with Gasteiger partial charge in [-0.3, -0.25) is 4.79 Å². The van der Waals surface area contributed by atoms with Crippen molar-refractivity contribution in [1.29, 1.82) is 0 Å². The lowest BCUT2D eigenvalue weighted by molar-refractivity contribution is -0.116. The van der Waals surface area contributed by atoms with Crippen LogP contribution in [0.5, 0.6) is 0 Å². The van der Waals surface area contributed by atoms with Gasteiger partial charge >= 0.3 is 7.12 Å². The van der Waals surface area contributed by atoms with Gasteiger partial charge in [0.05, 0.1) is 11.2 Å². The molecule has 19 heavy (non-hydrogen) atoms. The second-order valence-corrected chi connectivity index (χ2v) is 6.53. The lowest BCUT2D eigenvalue weighted by atomic mass is 9.72. The largest absolute Gasteiger partial charge is 0.490 e. The number of hydrogen-bond acceptors (Lipinski definition) is 3. The molecule has 104 valence electrons. The van der Waals surface area contributed by atoms with Gasteiger partial charge in [-0.05, 0) is 52.9 Å². The highest BCUT2D eigenvalue weighted by molar-refractivity contribution is 6.54. The average Bonchev–Trinajstić information content (AvgIpc) is 2.48. The molecule has 1 saturated heterocycles. The zero-order valence-electron chi connectivity index (χ0n) is 12.6. The Morgan fingerprint density at radius 1 is 1.16 bits per heavy atom. The molecule has 0 amide bonds. The smallest absolute Gasteiger partial charge is 0.400 e. The molecule has 0 aromatic heterocycles. The van der Waals surface area contributed by atoms with E-state index < -0.39 is 0 Å². The Hall–Kier alpha value is -0.865. The molecular formula is C15H23BO3. The summed E-state index contributed by atoms with van der Waals surface area (Å²) in [7, 11) is -0.250. The summed E-state index contributed by atoms with van der Waals surface area (Å²) in [4.78, 5) is 11.1. The molecule has 1 aliphatic carbocycles. The maximum atomic E-state index is 11.1. The van der Waals surface area contributed by atoms with Crippen LogP contribution in [0.3, 0.4) is 0 Å². The van der Waals surface area contributed by atoms with E-state index in [0.717, 1.165) is 12.8 Å². The van der Waals surface area contributed by atoms with Crippen LogP contribution in [0.15, 0.2) is 23.2 Å². The van der Waals surface area contributed by atoms with E-state index in [4.69, 9.17) is 9.31 Å². The highest BCUT2D eigenvalue weighted by Gasteiger charge is 2.52. The van der Waals surface area contributed by atoms with E-state index in [1.165, 1.54) is 11.0 Å². The molecule has 2 aliphatic rings. The molecule has 0 aromatic rings. The van der Waals surface area contributed by atoms with Crippen molar-refractivity contribution in [2.75, 3.05) is 0 Å². The van der Waals surface area contributed by atoms with E-state index >= 15 is 0 Å². The standard InChI is InChI=1S/C15H23BO3/c1-11(17)10-12-6-8-13(9-7-12)16-18-14(2,3)15(4,5)19-16/h6,8H,7,9-10H2,1-5H3. The van der Waals surface area contributed by atoms with Crippen molar-refractivity contribution >= 4 is 12.9 Å². The number of allylic oxidation sites excluding steroid dienone is 4. The summed E-state index contributed by atoms with van der Waals surface area (Å²) < 4.78 is 12.1. The summed E-state index contributed by atoms with van der Waals surface area (Å²) in [5.74, 6) is 0.221. The van der Waals surface area contributed by atoms with Gasteiger partial charge in [0.1, 0.15) is 5.78 Å². The highest BCUT2D eigenvalue weighted by atomic mass is 16.7. The van der Waals surface area contributed by atoms with Gasteiger partial charge in [-0.2, -0.15) is 0 Å². The topological polar surface area (TPSA) is 35.5 Å². The number of carbonyl (C=O) groups excluding carboxylic acids is 1. The molecule has 0 bridgehead atoms. The maximum Gasteiger partial charge on any atom is 0.490 e. The van der Waals surface area contributed by atoms with Crippen LogP contribution in [0, 0.1) is 0 Å². The first-order chi connectivity index (χ1) is 8.71. The van der Waals surface area contributed by atoms with E-state index in [-0.39, 0.29) is 24.1 Å². The molecule has 0 radical (unpaired) electrons. The third kappa shape index (κ3) is 3.01. The predicted octanol–water partition coefficient (Wildman–Crippen LogP) is 3.24. The minimum Gasteiger partial charge on any atom is -0.400 e. The van der Waals surface area contributed by atoms with E-state index in [2.05, 4.69) is 33.8 Å². The van der Waals surface area contributed by atoms with Crippen LogP contribution in [0.4, 0.5) is 0 Å². The SMILES string of the molecule is CC(=O)CC1=CC=C(B2OC(C)(C)C(C)(C)O2)CC1. The molecule has 1 fully saturated rings. The fraction of sp³-hybridized carbons (Fsp3) is 0.667. The quantitative estimate of drug-likeness (QED) is 0.732. The first-order valence-electron chi connectivity index (χ1n) is 6.95. The summed E-state index contributed by atoms with van der Waals surface area (Å²) in [6, 6.07) is 0. The van der Waals surface area contributed by atoms with Crippen LogP contribution in [-0.4, -0.2) is 24.1 Å². The number of ketones is 1. The number of hydrogen-bond donors (Lipinski definition) is 0. The van der Waals surface area contributed by atoms with Gasteiger partial charge in [-0.15, -0.1) is 0 Å². The third-order valence-electron chi connectivity index (χ3n) is 4.30. The van der Waals surface area contributed by atoms with Crippen LogP contribution in [-0.2, 0) is 14.1 Å². The summed E-state index contributed by atoms with van der Waals surface area (Å²) in [5, 5.41) is 0. The molecule has 1 heterocycles. The normalized spacial score (nSPS) is 25.0. The summed E-state index contributed by atoms with van der Waals surface area (Å²) in [6.45, 7) is 9.88. The Kier molecular flexibility index (Phi) is 3.76. The Balaban J connectivity index is 2.08. The third-order valence-corrected chi connectivity index (χ3v) is 4.30. The van der Waals surface area contributed by atoms with Gasteiger partial charge in [0.15, 0.2) is 0 Å². The van der Waals surface area contributed by atoms with E-state index in [9.17, 15) is 4.79 Å². The average molecular weight is 262 g/mol. The van der Waals surface area contributed by atoms with Crippen molar-refractivity contribution in [3.63, 3.8) is 0 Å². The molecular weight excluding hydrogens is 239 g/mol. The lowest BCUT2D eigenvalue weighted by Gasteiger charge is -2.32. The van der Waals surface area contributed by atoms with Crippen LogP contribution < -0.4 is 0 Å². The Morgan fingerprint density at radius 2 is 1.74 bits per heavy atom. The van der Waals surface area contributed by atoms with Crippen molar-refractivity contribution in [3.8, 4) is 0 Å². The molecule has 0 saturated carbocycles. The Labute approximate surface area is 116 Å². The first kappa shape index (κ1) is 14.5. The number of rotatable bonds is 3. The highest BCUT2D eigenvalue weighted by Crippen LogP contribution is 2.40. The second-order valence-electron chi connectivity index (χ2n) is 6.53. The van der Waals surface area contributed by atoms with Crippen LogP contribution in [0.1, 0.15) is 53.9 Å². The predicted molar refractivity (Wildman–Crippen MR) is 76.8 cm³/mol. The Bertz CT molecular complexity index is 430. The summed E-state index contributed by atoms with van der Waals surface area (Å²) in [5.41, 5.74) is 1.79. The lowest BCUT2D eigenvalue weighted by Crippen LogP contribution is -2.41. The molecule has 0 aromatic carbocycles. The van der Waals surface area contributed by atoms with Gasteiger partial charge in [-0.25, -0.2) is 0 Å². The minimum atomic E-state index is -0.290. The fourth-order valence-electron chi connectivity index (χ4n) is 2.35. The van der Waals surface area contributed by atoms with E-state index in [0.29, 0.717) is 6.42 Å². The number of Topliss-reactive ketones (excluding diaryl/α,β-unsaturated/α-hetero) is 1. The molecule has 4 heteroatoms. The summed E-state index contributed by atoms with van der Waals surface area (Å²) >= 11 is 0. The van der Waals surface area contributed by atoms with Crippen molar-refractivity contribution in [3.05, 3.63) is 23.2 Å². The summed E-state index contributed by atoms with van der Waals surface area (Å²) in [6.07, 6.45) is 6.51. The minimum absolute atomic E-state index is 0.221. The molecule has 0 N–H and O–H groups in total. The van der Waals surface area contributed by atoms with Crippen molar-refractivity contribution in [1.82, 2.24) is 0 Å². The first-order valence-corrected chi connectivity index (χ1v) is 6.95. The van der Waals surface area contributed by atoms with Crippen molar-refractivity contribution in [2.45, 2.75) is 65.1 Å². The van der Waals surface area contributed by atoms with E-state index in [1.807, 2.05) is 6.08 Å². The zero-order chi connectivity index (χ0) is 14.3. The molecule has 0 spiro atoms. The van der Waals surface area contributed by atoms with Gasteiger partial charge < -0.3 is 9.31 Å². The monoisotopic (exact) mass is 262 g/mol. The van der Waals surface area contributed by atoms with Crippen LogP contribution >= 0.6 is 0 Å². The van der Waals surface area contributed by atoms with Crippen LogP contribution in [0.25, 0.3) is 0 Å². The molecule has 0 atom stereocenters.